The first-order valence-electron chi connectivity index (χ1n) is 13.5. The number of carbonyl (C=O) groups excluding carboxylic acids is 2. The molecule has 0 aromatic heterocycles. The monoisotopic (exact) mass is 472 g/mol. The second kappa shape index (κ2) is 25.4. The summed E-state index contributed by atoms with van der Waals surface area (Å²) in [4.78, 5) is 25.3. The summed E-state index contributed by atoms with van der Waals surface area (Å²) < 4.78 is 4.83. The fourth-order valence-electron chi connectivity index (χ4n) is 3.90. The van der Waals surface area contributed by atoms with Crippen molar-refractivity contribution in [3.05, 3.63) is 0 Å². The molecule has 7 nitrogen and oxygen atoms in total. The van der Waals surface area contributed by atoms with Gasteiger partial charge in [0.05, 0.1) is 19.8 Å². The highest BCUT2D eigenvalue weighted by Crippen LogP contribution is 2.13. The van der Waals surface area contributed by atoms with Crippen LogP contribution < -0.4 is 5.32 Å². The quantitative estimate of drug-likeness (QED) is 0.136. The molecule has 0 aromatic rings. The predicted molar refractivity (Wildman–Crippen MR) is 134 cm³/mol. The lowest BCUT2D eigenvalue weighted by molar-refractivity contribution is -0.146. The van der Waals surface area contributed by atoms with E-state index in [0.717, 1.165) is 12.8 Å². The molecule has 1 amide bonds. The molecule has 33 heavy (non-hydrogen) atoms. The lowest BCUT2D eigenvalue weighted by Gasteiger charge is -2.20. The number of ether oxygens (including phenoxy) is 1. The van der Waals surface area contributed by atoms with E-state index in [4.69, 9.17) is 14.9 Å². The third kappa shape index (κ3) is 23.8. The van der Waals surface area contributed by atoms with E-state index in [1.165, 1.54) is 83.5 Å². The number of rotatable bonds is 25. The van der Waals surface area contributed by atoms with E-state index in [9.17, 15) is 9.59 Å². The summed E-state index contributed by atoms with van der Waals surface area (Å²) >= 11 is 0. The molecule has 7 heteroatoms. The van der Waals surface area contributed by atoms with Crippen LogP contribution in [0.3, 0.4) is 0 Å². The standard InChI is InChI=1S/C26H52N2O5/c1-2-3-4-5-6-7-8-9-10-11-12-13-14-15-16-17-25(31)27-18-19-28(20-21-29)24-26(32)33-23-22-30/h29-30H,2-24H2,1H3,(H,27,31). The number of amides is 1. The first-order chi connectivity index (χ1) is 16.1. The molecule has 0 bridgehead atoms. The minimum atomic E-state index is -0.443. The highest BCUT2D eigenvalue weighted by molar-refractivity contribution is 5.75. The number of hydrogen-bond donors (Lipinski definition) is 3. The Kier molecular flexibility index (Phi) is 24.5. The number of nitrogens with zero attached hydrogens (tertiary/aromatic N) is 1. The van der Waals surface area contributed by atoms with Gasteiger partial charge in [-0.15, -0.1) is 0 Å². The van der Waals surface area contributed by atoms with Crippen molar-refractivity contribution in [3.8, 4) is 0 Å². The van der Waals surface area contributed by atoms with Crippen LogP contribution in [0.5, 0.6) is 0 Å². The number of hydrogen-bond acceptors (Lipinski definition) is 6. The van der Waals surface area contributed by atoms with E-state index < -0.39 is 5.97 Å². The van der Waals surface area contributed by atoms with Crippen LogP contribution in [0.25, 0.3) is 0 Å². The highest BCUT2D eigenvalue weighted by Gasteiger charge is 2.11. The highest BCUT2D eigenvalue weighted by atomic mass is 16.5. The maximum absolute atomic E-state index is 12.0. The Bertz CT molecular complexity index is 448. The Labute approximate surface area is 202 Å². The van der Waals surface area contributed by atoms with Gasteiger partial charge >= 0.3 is 5.97 Å². The first kappa shape index (κ1) is 31.8. The maximum Gasteiger partial charge on any atom is 0.320 e. The lowest BCUT2D eigenvalue weighted by atomic mass is 10.0. The molecule has 196 valence electrons. The van der Waals surface area contributed by atoms with Crippen LogP contribution >= 0.6 is 0 Å². The number of nitrogens with one attached hydrogen (secondary N) is 1. The lowest BCUT2D eigenvalue weighted by Crippen LogP contribution is -2.39. The fraction of sp³-hybridized carbons (Fsp3) is 0.923. The number of aliphatic hydroxyl groups excluding tert-OH is 2. The van der Waals surface area contributed by atoms with Crippen molar-refractivity contribution in [1.29, 1.82) is 0 Å². The van der Waals surface area contributed by atoms with E-state index in [1.807, 2.05) is 0 Å². The van der Waals surface area contributed by atoms with Crippen molar-refractivity contribution in [1.82, 2.24) is 10.2 Å². The van der Waals surface area contributed by atoms with Crippen LogP contribution in [0.4, 0.5) is 0 Å². The molecule has 0 aliphatic rings. The Morgan fingerprint density at radius 3 is 1.73 bits per heavy atom. The molecule has 0 aliphatic heterocycles. The average molecular weight is 473 g/mol. The smallest absolute Gasteiger partial charge is 0.320 e. The normalized spacial score (nSPS) is 11.2. The minimum absolute atomic E-state index is 0.0260. The van der Waals surface area contributed by atoms with Gasteiger partial charge in [-0.05, 0) is 6.42 Å². The molecule has 0 atom stereocenters. The summed E-state index contributed by atoms with van der Waals surface area (Å²) in [6.07, 6.45) is 20.2. The van der Waals surface area contributed by atoms with E-state index in [0.29, 0.717) is 26.1 Å². The van der Waals surface area contributed by atoms with Gasteiger partial charge in [0, 0.05) is 26.1 Å². The molecule has 0 radical (unpaired) electrons. The van der Waals surface area contributed by atoms with Gasteiger partial charge in [0.1, 0.15) is 6.61 Å². The van der Waals surface area contributed by atoms with Gasteiger partial charge in [-0.3, -0.25) is 14.5 Å². The molecular weight excluding hydrogens is 420 g/mol. The van der Waals surface area contributed by atoms with E-state index in [2.05, 4.69) is 12.2 Å². The van der Waals surface area contributed by atoms with Crippen molar-refractivity contribution >= 4 is 11.9 Å². The molecule has 3 N–H and O–H groups in total. The van der Waals surface area contributed by atoms with Crippen LogP contribution in [0.15, 0.2) is 0 Å². The molecule has 0 aliphatic carbocycles. The third-order valence-electron chi connectivity index (χ3n) is 5.88. The Balaban J connectivity index is 3.49. The topological polar surface area (TPSA) is 99.1 Å². The fourth-order valence-corrected chi connectivity index (χ4v) is 3.90. The predicted octanol–water partition coefficient (Wildman–Crippen LogP) is 4.19. The van der Waals surface area contributed by atoms with Gasteiger partial charge in [0.25, 0.3) is 0 Å². The van der Waals surface area contributed by atoms with E-state index >= 15 is 0 Å². The zero-order valence-electron chi connectivity index (χ0n) is 21.3. The summed E-state index contributed by atoms with van der Waals surface area (Å²) in [5, 5.41) is 20.7. The van der Waals surface area contributed by atoms with Gasteiger partial charge in [0.15, 0.2) is 0 Å². The molecule has 0 heterocycles. The second-order valence-corrected chi connectivity index (χ2v) is 8.99. The van der Waals surface area contributed by atoms with Crippen LogP contribution in [0, 0.1) is 0 Å². The van der Waals surface area contributed by atoms with Gasteiger partial charge in [-0.2, -0.15) is 0 Å². The Hall–Kier alpha value is -1.18. The van der Waals surface area contributed by atoms with Crippen molar-refractivity contribution < 1.29 is 24.5 Å². The zero-order valence-corrected chi connectivity index (χ0v) is 21.3. The largest absolute Gasteiger partial charge is 0.462 e. The van der Waals surface area contributed by atoms with Crippen LogP contribution in [0.1, 0.15) is 110 Å². The van der Waals surface area contributed by atoms with Crippen molar-refractivity contribution in [2.45, 2.75) is 110 Å². The van der Waals surface area contributed by atoms with Gasteiger partial charge < -0.3 is 20.3 Å². The molecule has 0 saturated heterocycles. The molecular formula is C26H52N2O5. The molecule has 0 fully saturated rings. The molecule has 0 aromatic carbocycles. The zero-order chi connectivity index (χ0) is 24.4. The molecule has 0 unspecified atom stereocenters. The Morgan fingerprint density at radius 2 is 1.24 bits per heavy atom. The third-order valence-corrected chi connectivity index (χ3v) is 5.88. The van der Waals surface area contributed by atoms with E-state index in [-0.39, 0.29) is 32.3 Å². The molecule has 0 spiro atoms. The van der Waals surface area contributed by atoms with Crippen molar-refractivity contribution in [2.24, 2.45) is 0 Å². The van der Waals surface area contributed by atoms with Gasteiger partial charge in [0.2, 0.25) is 5.91 Å². The van der Waals surface area contributed by atoms with Crippen molar-refractivity contribution in [3.63, 3.8) is 0 Å². The molecule has 0 rings (SSSR count). The maximum atomic E-state index is 12.0. The molecule has 0 saturated carbocycles. The number of carbonyl (C=O) groups is 2. The number of aliphatic hydroxyl groups is 2. The van der Waals surface area contributed by atoms with Crippen LogP contribution in [-0.2, 0) is 14.3 Å². The summed E-state index contributed by atoms with van der Waals surface area (Å²) in [7, 11) is 0. The summed E-state index contributed by atoms with van der Waals surface area (Å²) in [5.41, 5.74) is 0. The Morgan fingerprint density at radius 1 is 0.727 bits per heavy atom. The van der Waals surface area contributed by atoms with Crippen LogP contribution in [-0.4, -0.2) is 73.0 Å². The summed E-state index contributed by atoms with van der Waals surface area (Å²) in [5.74, 6) is -0.405. The minimum Gasteiger partial charge on any atom is -0.462 e. The second-order valence-electron chi connectivity index (χ2n) is 8.99. The van der Waals surface area contributed by atoms with Gasteiger partial charge in [-0.1, -0.05) is 96.8 Å². The summed E-state index contributed by atoms with van der Waals surface area (Å²) in [6, 6.07) is 0. The van der Waals surface area contributed by atoms with Gasteiger partial charge in [-0.25, -0.2) is 0 Å². The van der Waals surface area contributed by atoms with Crippen LogP contribution in [0.2, 0.25) is 0 Å². The van der Waals surface area contributed by atoms with Crippen molar-refractivity contribution in [2.75, 3.05) is 46.0 Å². The SMILES string of the molecule is CCCCCCCCCCCCCCCCCC(=O)NCCN(CCO)CC(=O)OCCO. The average Bonchev–Trinajstić information content (AvgIpc) is 2.80. The first-order valence-corrected chi connectivity index (χ1v) is 13.5. The summed E-state index contributed by atoms with van der Waals surface area (Å²) in [6.45, 7) is 3.24. The van der Waals surface area contributed by atoms with E-state index in [1.54, 1.807) is 4.90 Å². The number of unbranched alkanes of at least 4 members (excludes halogenated alkanes) is 14. The number of esters is 1.